The first-order valence-corrected chi connectivity index (χ1v) is 10.8. The number of phenols is 1. The number of anilines is 1. The minimum absolute atomic E-state index is 0.104. The normalized spacial score (nSPS) is 12.1. The summed E-state index contributed by atoms with van der Waals surface area (Å²) in [5, 5.41) is 22.8. The molecule has 0 aromatic heterocycles. The number of carbonyl (C=O) groups is 1. The zero-order valence-corrected chi connectivity index (χ0v) is 17.5. The van der Waals surface area contributed by atoms with Gasteiger partial charge in [0.1, 0.15) is 11.5 Å². The van der Waals surface area contributed by atoms with Gasteiger partial charge in [-0.3, -0.25) is 9.52 Å². The number of hydrogen-bond donors (Lipinski definition) is 4. The van der Waals surface area contributed by atoms with Gasteiger partial charge in [0.25, 0.3) is 15.9 Å². The van der Waals surface area contributed by atoms with Crippen LogP contribution in [0.1, 0.15) is 22.0 Å². The van der Waals surface area contributed by atoms with Crippen molar-refractivity contribution in [1.29, 1.82) is 0 Å². The third kappa shape index (κ3) is 5.53. The molecule has 9 heteroatoms. The van der Waals surface area contributed by atoms with E-state index in [1.54, 1.807) is 30.3 Å². The maximum Gasteiger partial charge on any atom is 0.261 e. The summed E-state index contributed by atoms with van der Waals surface area (Å²) in [5.74, 6) is -0.224. The van der Waals surface area contributed by atoms with Gasteiger partial charge >= 0.3 is 0 Å². The second kappa shape index (κ2) is 9.50. The van der Waals surface area contributed by atoms with Gasteiger partial charge in [-0.05, 0) is 42.5 Å². The SMILES string of the molecule is COc1ccc(C(O)CNC(=O)c2cccc(NS(=O)(=O)c3ccccc3)c2)c(O)c1. The van der Waals surface area contributed by atoms with Crippen LogP contribution in [0, 0.1) is 0 Å². The lowest BCUT2D eigenvalue weighted by atomic mass is 10.1. The van der Waals surface area contributed by atoms with Crippen LogP contribution in [0.3, 0.4) is 0 Å². The Kier molecular flexibility index (Phi) is 6.78. The Balaban J connectivity index is 1.66. The number of aromatic hydroxyl groups is 1. The van der Waals surface area contributed by atoms with Crippen molar-refractivity contribution in [2.45, 2.75) is 11.0 Å². The zero-order chi connectivity index (χ0) is 22.4. The monoisotopic (exact) mass is 442 g/mol. The predicted octanol–water partition coefficient (Wildman–Crippen LogP) is 2.67. The van der Waals surface area contributed by atoms with Crippen LogP contribution >= 0.6 is 0 Å². The molecule has 0 aliphatic rings. The topological polar surface area (TPSA) is 125 Å². The summed E-state index contributed by atoms with van der Waals surface area (Å²) in [5.41, 5.74) is 0.676. The number of benzene rings is 3. The van der Waals surface area contributed by atoms with Crippen LogP contribution in [-0.2, 0) is 10.0 Å². The van der Waals surface area contributed by atoms with Crippen molar-refractivity contribution in [3.05, 3.63) is 83.9 Å². The molecule has 0 bridgehead atoms. The highest BCUT2D eigenvalue weighted by Crippen LogP contribution is 2.28. The largest absolute Gasteiger partial charge is 0.507 e. The molecule has 1 unspecified atom stereocenters. The maximum atomic E-state index is 12.5. The maximum absolute atomic E-state index is 12.5. The molecule has 0 saturated heterocycles. The summed E-state index contributed by atoms with van der Waals surface area (Å²) in [6, 6.07) is 18.3. The molecule has 0 heterocycles. The lowest BCUT2D eigenvalue weighted by Crippen LogP contribution is -2.28. The third-order valence-electron chi connectivity index (χ3n) is 4.48. The van der Waals surface area contributed by atoms with Crippen molar-refractivity contribution in [1.82, 2.24) is 5.32 Å². The van der Waals surface area contributed by atoms with E-state index in [2.05, 4.69) is 10.0 Å². The van der Waals surface area contributed by atoms with E-state index in [9.17, 15) is 23.4 Å². The van der Waals surface area contributed by atoms with Crippen molar-refractivity contribution in [2.75, 3.05) is 18.4 Å². The molecular formula is C22H22N2O6S. The van der Waals surface area contributed by atoms with E-state index < -0.39 is 22.0 Å². The molecule has 31 heavy (non-hydrogen) atoms. The molecular weight excluding hydrogens is 420 g/mol. The number of nitrogens with one attached hydrogen (secondary N) is 2. The highest BCUT2D eigenvalue weighted by atomic mass is 32.2. The van der Waals surface area contributed by atoms with E-state index in [4.69, 9.17) is 4.74 Å². The average Bonchev–Trinajstić information content (AvgIpc) is 2.77. The standard InChI is InChI=1S/C22H22N2O6S/c1-30-17-10-11-19(20(25)13-17)21(26)14-23-22(27)15-6-5-7-16(12-15)24-31(28,29)18-8-3-2-4-9-18/h2-13,21,24-26H,14H2,1H3,(H,23,27). The molecule has 3 aromatic rings. The van der Waals surface area contributed by atoms with E-state index >= 15 is 0 Å². The number of rotatable bonds is 8. The Labute approximate surface area is 180 Å². The Morgan fingerprint density at radius 2 is 1.77 bits per heavy atom. The quantitative estimate of drug-likeness (QED) is 0.425. The van der Waals surface area contributed by atoms with Crippen LogP contribution in [-0.4, -0.2) is 38.2 Å². The molecule has 0 aliphatic heterocycles. The van der Waals surface area contributed by atoms with E-state index in [1.165, 1.54) is 49.6 Å². The first-order chi connectivity index (χ1) is 14.8. The highest BCUT2D eigenvalue weighted by Gasteiger charge is 2.17. The van der Waals surface area contributed by atoms with Gasteiger partial charge in [0, 0.05) is 29.4 Å². The van der Waals surface area contributed by atoms with Crippen LogP contribution in [0.25, 0.3) is 0 Å². The highest BCUT2D eigenvalue weighted by molar-refractivity contribution is 7.92. The van der Waals surface area contributed by atoms with E-state index in [-0.39, 0.29) is 34.0 Å². The van der Waals surface area contributed by atoms with Gasteiger partial charge in [-0.1, -0.05) is 24.3 Å². The Bertz CT molecular complexity index is 1170. The van der Waals surface area contributed by atoms with Crippen molar-refractivity contribution in [3.63, 3.8) is 0 Å². The fourth-order valence-electron chi connectivity index (χ4n) is 2.87. The number of carbonyl (C=O) groups excluding carboxylic acids is 1. The molecule has 8 nitrogen and oxygen atoms in total. The lowest BCUT2D eigenvalue weighted by molar-refractivity contribution is 0.0914. The molecule has 162 valence electrons. The van der Waals surface area contributed by atoms with E-state index in [0.29, 0.717) is 5.75 Å². The minimum atomic E-state index is -3.79. The molecule has 0 spiro atoms. The molecule has 0 fully saturated rings. The van der Waals surface area contributed by atoms with Crippen LogP contribution in [0.4, 0.5) is 5.69 Å². The molecule has 1 atom stereocenters. The Hall–Kier alpha value is -3.56. The summed E-state index contributed by atoms with van der Waals surface area (Å²) in [6.07, 6.45) is -1.14. The fourth-order valence-corrected chi connectivity index (χ4v) is 3.94. The number of hydrogen-bond acceptors (Lipinski definition) is 6. The Morgan fingerprint density at radius 3 is 2.45 bits per heavy atom. The predicted molar refractivity (Wildman–Crippen MR) is 116 cm³/mol. The van der Waals surface area contributed by atoms with E-state index in [0.717, 1.165) is 0 Å². The van der Waals surface area contributed by atoms with Gasteiger partial charge in [0.2, 0.25) is 0 Å². The Morgan fingerprint density at radius 1 is 1.03 bits per heavy atom. The minimum Gasteiger partial charge on any atom is -0.507 e. The van der Waals surface area contributed by atoms with Crippen molar-refractivity contribution < 1.29 is 28.2 Å². The van der Waals surface area contributed by atoms with E-state index in [1.807, 2.05) is 0 Å². The molecule has 0 radical (unpaired) electrons. The summed E-state index contributed by atoms with van der Waals surface area (Å²) in [6.45, 7) is -0.154. The van der Waals surface area contributed by atoms with Crippen LogP contribution < -0.4 is 14.8 Å². The van der Waals surface area contributed by atoms with Gasteiger partial charge in [-0.25, -0.2) is 8.42 Å². The van der Waals surface area contributed by atoms with Crippen molar-refractivity contribution in [2.24, 2.45) is 0 Å². The molecule has 4 N–H and O–H groups in total. The number of amides is 1. The van der Waals surface area contributed by atoms with Crippen LogP contribution in [0.5, 0.6) is 11.5 Å². The summed E-state index contributed by atoms with van der Waals surface area (Å²) >= 11 is 0. The zero-order valence-electron chi connectivity index (χ0n) is 16.6. The number of aliphatic hydroxyl groups is 1. The van der Waals surface area contributed by atoms with Crippen LogP contribution in [0.2, 0.25) is 0 Å². The second-order valence-corrected chi connectivity index (χ2v) is 8.33. The molecule has 0 aliphatic carbocycles. The van der Waals surface area contributed by atoms with Crippen LogP contribution in [0.15, 0.2) is 77.7 Å². The number of ether oxygens (including phenoxy) is 1. The van der Waals surface area contributed by atoms with Gasteiger partial charge in [0.15, 0.2) is 0 Å². The molecule has 1 amide bonds. The number of phenolic OH excluding ortho intramolecular Hbond substituents is 1. The molecule has 0 saturated carbocycles. The lowest BCUT2D eigenvalue weighted by Gasteiger charge is -2.15. The van der Waals surface area contributed by atoms with Gasteiger partial charge in [-0.15, -0.1) is 0 Å². The average molecular weight is 442 g/mol. The number of sulfonamides is 1. The molecule has 3 rings (SSSR count). The summed E-state index contributed by atoms with van der Waals surface area (Å²) in [4.78, 5) is 12.6. The van der Waals surface area contributed by atoms with Crippen molar-refractivity contribution in [3.8, 4) is 11.5 Å². The summed E-state index contributed by atoms with van der Waals surface area (Å²) in [7, 11) is -2.33. The first-order valence-electron chi connectivity index (χ1n) is 9.31. The fraction of sp³-hybridized carbons (Fsp3) is 0.136. The first kappa shape index (κ1) is 22.1. The van der Waals surface area contributed by atoms with Gasteiger partial charge < -0.3 is 20.3 Å². The number of aliphatic hydroxyl groups excluding tert-OH is 1. The van der Waals surface area contributed by atoms with Gasteiger partial charge in [-0.2, -0.15) is 0 Å². The second-order valence-electron chi connectivity index (χ2n) is 6.65. The third-order valence-corrected chi connectivity index (χ3v) is 5.88. The van der Waals surface area contributed by atoms with Crippen molar-refractivity contribution >= 4 is 21.6 Å². The molecule has 3 aromatic carbocycles. The number of methoxy groups -OCH3 is 1. The smallest absolute Gasteiger partial charge is 0.261 e. The van der Waals surface area contributed by atoms with Gasteiger partial charge in [0.05, 0.1) is 18.1 Å². The summed E-state index contributed by atoms with van der Waals surface area (Å²) < 4.78 is 32.3.